The van der Waals surface area contributed by atoms with Crippen LogP contribution in [0.1, 0.15) is 40.5 Å². The van der Waals surface area contributed by atoms with Crippen molar-refractivity contribution in [3.05, 3.63) is 0 Å². The minimum atomic E-state index is 0.388. The minimum absolute atomic E-state index is 0.388. The summed E-state index contributed by atoms with van der Waals surface area (Å²) in [6, 6.07) is 0.810. The highest BCUT2D eigenvalue weighted by molar-refractivity contribution is 7.80. The van der Waals surface area contributed by atoms with Gasteiger partial charge in [-0.2, -0.15) is 0 Å². The van der Waals surface area contributed by atoms with Crippen molar-refractivity contribution in [2.45, 2.75) is 52.6 Å². The Morgan fingerprint density at radius 1 is 1.15 bits per heavy atom. The summed E-state index contributed by atoms with van der Waals surface area (Å²) < 4.78 is 0. The van der Waals surface area contributed by atoms with Gasteiger partial charge in [0.25, 0.3) is 0 Å². The van der Waals surface area contributed by atoms with Crippen molar-refractivity contribution >= 4 is 41.0 Å². The van der Waals surface area contributed by atoms with Crippen LogP contribution in [-0.4, -0.2) is 47.6 Å². The minimum Gasteiger partial charge on any atom is -0.376 e. The molecule has 20 heavy (non-hydrogen) atoms. The second-order valence-electron chi connectivity index (χ2n) is 4.78. The van der Waals surface area contributed by atoms with Crippen LogP contribution in [0.4, 0.5) is 0 Å². The number of nitrogens with one attached hydrogen (secondary N) is 2. The number of aliphatic imine (C=N–C) groups is 1. The highest BCUT2D eigenvalue weighted by atomic mass is 32.1. The van der Waals surface area contributed by atoms with Gasteiger partial charge in [-0.25, -0.2) is 4.99 Å². The van der Waals surface area contributed by atoms with E-state index < -0.39 is 0 Å². The predicted molar refractivity (Wildman–Crippen MR) is 97.3 cm³/mol. The molecule has 0 aliphatic heterocycles. The highest BCUT2D eigenvalue weighted by Crippen LogP contribution is 1.88. The van der Waals surface area contributed by atoms with Crippen molar-refractivity contribution < 1.29 is 0 Å². The predicted octanol–water partition coefficient (Wildman–Crippen LogP) is 1.87. The number of thiocarbonyl (C=S) groups is 2. The zero-order chi connectivity index (χ0) is 16.1. The number of nitrogens with two attached hydrogens (primary N) is 1. The molecular formula is C13H29N5S2. The maximum Gasteiger partial charge on any atom is 0.194 e. The molecule has 0 aromatic carbocycles. The smallest absolute Gasteiger partial charge is 0.194 e. The van der Waals surface area contributed by atoms with Crippen LogP contribution in [0.5, 0.6) is 0 Å². The molecule has 2 atom stereocenters. The summed E-state index contributed by atoms with van der Waals surface area (Å²) in [5.74, 6) is 0. The molecule has 7 heteroatoms. The number of rotatable bonds is 5. The van der Waals surface area contributed by atoms with Gasteiger partial charge < -0.3 is 21.3 Å². The molecule has 0 aromatic heterocycles. The summed E-state index contributed by atoms with van der Waals surface area (Å²) in [6.45, 7) is 8.31. The lowest BCUT2D eigenvalue weighted by Gasteiger charge is -2.10. The molecule has 0 aromatic rings. The topological polar surface area (TPSA) is 65.7 Å². The molecule has 0 radical (unpaired) electrons. The molecule has 0 saturated carbocycles. The monoisotopic (exact) mass is 319 g/mol. The molecule has 4 N–H and O–H groups in total. The lowest BCUT2D eigenvalue weighted by molar-refractivity contribution is 0.634. The van der Waals surface area contributed by atoms with Crippen LogP contribution >= 0.6 is 24.4 Å². The Morgan fingerprint density at radius 2 is 1.60 bits per heavy atom. The van der Waals surface area contributed by atoms with Crippen molar-refractivity contribution in [3.63, 3.8) is 0 Å². The average molecular weight is 320 g/mol. The molecule has 0 unspecified atom stereocenters. The van der Waals surface area contributed by atoms with Crippen LogP contribution in [0.15, 0.2) is 4.99 Å². The molecule has 0 bridgehead atoms. The van der Waals surface area contributed by atoms with Gasteiger partial charge in [0.2, 0.25) is 0 Å². The molecule has 0 aliphatic rings. The molecule has 0 rings (SSSR count). The van der Waals surface area contributed by atoms with Crippen LogP contribution in [0, 0.1) is 0 Å². The summed E-state index contributed by atoms with van der Waals surface area (Å²) in [4.78, 5) is 5.88. The zero-order valence-corrected chi connectivity index (χ0v) is 15.1. The standard InChI is InChI=1S/C8H17N3S.C5H12N2S/c1-5-7(2)10-8(12)9-6-11(3)4;1-3-4(2)7-5(6)8/h6-7H,5H2,1-4H3,(H,10,12);4H,3H2,1-2H3,(H3,6,7,8)/t7-;4-/m00/s1. The maximum atomic E-state index is 5.19. The third-order valence-electron chi connectivity index (χ3n) is 2.39. The largest absolute Gasteiger partial charge is 0.376 e. The van der Waals surface area contributed by atoms with Gasteiger partial charge >= 0.3 is 0 Å². The van der Waals surface area contributed by atoms with E-state index in [-0.39, 0.29) is 0 Å². The average Bonchev–Trinajstić information content (AvgIpc) is 2.36. The van der Waals surface area contributed by atoms with Gasteiger partial charge in [-0.15, -0.1) is 0 Å². The first-order valence-electron chi connectivity index (χ1n) is 6.79. The summed E-state index contributed by atoms with van der Waals surface area (Å²) in [7, 11) is 3.82. The van der Waals surface area contributed by atoms with Gasteiger partial charge in [-0.3, -0.25) is 0 Å². The Hall–Kier alpha value is -0.950. The van der Waals surface area contributed by atoms with Crippen LogP contribution in [0.3, 0.4) is 0 Å². The van der Waals surface area contributed by atoms with E-state index in [0.717, 1.165) is 12.8 Å². The van der Waals surface area contributed by atoms with Crippen molar-refractivity contribution in [2.75, 3.05) is 14.1 Å². The van der Waals surface area contributed by atoms with Gasteiger partial charge in [0.05, 0.1) is 6.34 Å². The van der Waals surface area contributed by atoms with E-state index in [1.165, 1.54) is 0 Å². The maximum absolute atomic E-state index is 5.19. The van der Waals surface area contributed by atoms with Gasteiger partial charge in [0.1, 0.15) is 0 Å². The second-order valence-corrected chi connectivity index (χ2v) is 5.61. The lowest BCUT2D eigenvalue weighted by atomic mass is 10.3. The van der Waals surface area contributed by atoms with E-state index in [2.05, 4.69) is 48.6 Å². The van der Waals surface area contributed by atoms with Crippen molar-refractivity contribution in [2.24, 2.45) is 10.7 Å². The Balaban J connectivity index is 0. The Labute approximate surface area is 134 Å². The van der Waals surface area contributed by atoms with E-state index in [1.54, 1.807) is 6.34 Å². The van der Waals surface area contributed by atoms with Gasteiger partial charge in [-0.05, 0) is 51.1 Å². The highest BCUT2D eigenvalue weighted by Gasteiger charge is 1.98. The van der Waals surface area contributed by atoms with E-state index in [0.29, 0.717) is 22.3 Å². The van der Waals surface area contributed by atoms with Crippen LogP contribution in [0.25, 0.3) is 0 Å². The molecule has 0 spiro atoms. The molecule has 0 heterocycles. The quantitative estimate of drug-likeness (QED) is 0.408. The number of hydrogen-bond donors (Lipinski definition) is 3. The molecule has 0 fully saturated rings. The molecule has 118 valence electrons. The first-order valence-corrected chi connectivity index (χ1v) is 7.61. The second kappa shape index (κ2) is 13.1. The van der Waals surface area contributed by atoms with Crippen molar-refractivity contribution in [1.29, 1.82) is 0 Å². The fourth-order valence-corrected chi connectivity index (χ4v) is 1.31. The summed E-state index contributed by atoms with van der Waals surface area (Å²) in [5.41, 5.74) is 5.19. The van der Waals surface area contributed by atoms with Crippen LogP contribution < -0.4 is 16.4 Å². The van der Waals surface area contributed by atoms with E-state index >= 15 is 0 Å². The van der Waals surface area contributed by atoms with Gasteiger partial charge in [0, 0.05) is 26.2 Å². The molecule has 0 saturated heterocycles. The first kappa shape index (κ1) is 21.4. The molecular weight excluding hydrogens is 290 g/mol. The Bertz CT molecular complexity index is 305. The van der Waals surface area contributed by atoms with E-state index in [1.807, 2.05) is 25.9 Å². The third-order valence-corrected chi connectivity index (χ3v) is 2.73. The summed E-state index contributed by atoms with van der Waals surface area (Å²) in [5, 5.41) is 6.94. The fraction of sp³-hybridized carbons (Fsp3) is 0.769. The molecule has 0 aliphatic carbocycles. The van der Waals surface area contributed by atoms with Crippen LogP contribution in [-0.2, 0) is 0 Å². The van der Waals surface area contributed by atoms with Gasteiger partial charge in [-0.1, -0.05) is 13.8 Å². The lowest BCUT2D eigenvalue weighted by Crippen LogP contribution is -2.35. The summed E-state index contributed by atoms with van der Waals surface area (Å²) >= 11 is 9.58. The van der Waals surface area contributed by atoms with Crippen molar-refractivity contribution in [1.82, 2.24) is 15.5 Å². The van der Waals surface area contributed by atoms with Crippen LogP contribution in [0.2, 0.25) is 0 Å². The van der Waals surface area contributed by atoms with E-state index in [9.17, 15) is 0 Å². The normalized spacial score (nSPS) is 12.9. The number of nitrogens with zero attached hydrogens (tertiary/aromatic N) is 2. The van der Waals surface area contributed by atoms with Crippen molar-refractivity contribution in [3.8, 4) is 0 Å². The third kappa shape index (κ3) is 17.1. The van der Waals surface area contributed by atoms with Gasteiger partial charge in [0.15, 0.2) is 10.2 Å². The summed E-state index contributed by atoms with van der Waals surface area (Å²) in [6.07, 6.45) is 3.80. The molecule has 0 amide bonds. The number of hydrogen-bond acceptors (Lipinski definition) is 2. The molecule has 5 nitrogen and oxygen atoms in total. The Kier molecular flexibility index (Phi) is 13.9. The van der Waals surface area contributed by atoms with E-state index in [4.69, 9.17) is 18.0 Å². The Morgan fingerprint density at radius 3 is 1.90 bits per heavy atom. The fourth-order valence-electron chi connectivity index (χ4n) is 0.863. The zero-order valence-electron chi connectivity index (χ0n) is 13.4. The first-order chi connectivity index (χ1) is 9.22. The SMILES string of the molecule is CC[C@H](C)NC(=S)N=CN(C)C.CC[C@H](C)NC(N)=S.